The smallest absolute Gasteiger partial charge is 0.239 e. The number of methoxy groups -OCH3 is 1. The Hall–Kier alpha value is -1.88. The first-order valence-corrected chi connectivity index (χ1v) is 8.68. The number of aryl methyl sites for hydroxylation is 1. The molecule has 0 fully saturated rings. The number of nitrogens with zero attached hydrogens (tertiary/aromatic N) is 2. The molecule has 1 aromatic heterocycles. The number of rotatable bonds is 7. The van der Waals surface area contributed by atoms with Crippen LogP contribution in [0, 0.1) is 6.92 Å². The molecule has 0 saturated carbocycles. The van der Waals surface area contributed by atoms with E-state index >= 15 is 0 Å². The van der Waals surface area contributed by atoms with E-state index in [1.165, 1.54) is 0 Å². The molecule has 0 bridgehead atoms. The molecule has 7 nitrogen and oxygen atoms in total. The van der Waals surface area contributed by atoms with Gasteiger partial charge in [0.05, 0.1) is 20.2 Å². The molecular formula is C17H24IN5O2S. The van der Waals surface area contributed by atoms with Gasteiger partial charge in [-0.25, -0.2) is 4.98 Å². The van der Waals surface area contributed by atoms with Crippen LogP contribution in [-0.4, -0.2) is 37.6 Å². The number of amides is 1. The maximum absolute atomic E-state index is 11.9. The summed E-state index contributed by atoms with van der Waals surface area (Å²) in [6.07, 6.45) is 1.84. The van der Waals surface area contributed by atoms with E-state index in [-0.39, 0.29) is 36.4 Å². The monoisotopic (exact) mass is 489 g/mol. The van der Waals surface area contributed by atoms with E-state index < -0.39 is 0 Å². The average molecular weight is 489 g/mol. The summed E-state index contributed by atoms with van der Waals surface area (Å²) in [6, 6.07) is 7.57. The summed E-state index contributed by atoms with van der Waals surface area (Å²) in [5.74, 6) is 1.25. The van der Waals surface area contributed by atoms with Crippen molar-refractivity contribution in [2.75, 3.05) is 20.7 Å². The van der Waals surface area contributed by atoms with Gasteiger partial charge in [0.25, 0.3) is 0 Å². The summed E-state index contributed by atoms with van der Waals surface area (Å²) < 4.78 is 5.11. The second kappa shape index (κ2) is 11.7. The normalized spacial score (nSPS) is 10.7. The van der Waals surface area contributed by atoms with Crippen LogP contribution < -0.4 is 20.7 Å². The molecule has 142 valence electrons. The minimum Gasteiger partial charge on any atom is -0.497 e. The Bertz CT molecular complexity index is 718. The van der Waals surface area contributed by atoms with Crippen molar-refractivity contribution in [1.82, 2.24) is 20.9 Å². The number of carbonyl (C=O) groups is 1. The number of carbonyl (C=O) groups excluding carboxylic acids is 1. The second-order valence-corrected chi connectivity index (χ2v) is 6.59. The van der Waals surface area contributed by atoms with Crippen molar-refractivity contribution in [2.24, 2.45) is 4.99 Å². The Morgan fingerprint density at radius 1 is 1.19 bits per heavy atom. The van der Waals surface area contributed by atoms with Gasteiger partial charge in [-0.15, -0.1) is 35.3 Å². The van der Waals surface area contributed by atoms with Gasteiger partial charge < -0.3 is 20.7 Å². The summed E-state index contributed by atoms with van der Waals surface area (Å²) in [5.41, 5.74) is 1.01. The molecule has 0 atom stereocenters. The Morgan fingerprint density at radius 2 is 1.92 bits per heavy atom. The molecular weight excluding hydrogens is 465 g/mol. The van der Waals surface area contributed by atoms with E-state index in [0.29, 0.717) is 19.0 Å². The molecule has 2 rings (SSSR count). The van der Waals surface area contributed by atoms with Crippen LogP contribution in [0.15, 0.2) is 35.5 Å². The van der Waals surface area contributed by atoms with Gasteiger partial charge in [-0.1, -0.05) is 12.1 Å². The zero-order valence-electron chi connectivity index (χ0n) is 15.0. The van der Waals surface area contributed by atoms with Crippen LogP contribution in [0.3, 0.4) is 0 Å². The molecule has 1 aromatic carbocycles. The van der Waals surface area contributed by atoms with Crippen LogP contribution in [-0.2, 0) is 17.9 Å². The van der Waals surface area contributed by atoms with Crippen molar-refractivity contribution in [3.05, 3.63) is 45.9 Å². The zero-order valence-corrected chi connectivity index (χ0v) is 18.2. The Morgan fingerprint density at radius 3 is 2.50 bits per heavy atom. The minimum absolute atomic E-state index is 0. The quantitative estimate of drug-likeness (QED) is 0.315. The molecule has 0 aliphatic heterocycles. The molecule has 0 unspecified atom stereocenters. The molecule has 0 aliphatic rings. The topological polar surface area (TPSA) is 87.6 Å². The van der Waals surface area contributed by atoms with E-state index in [2.05, 4.69) is 25.9 Å². The summed E-state index contributed by atoms with van der Waals surface area (Å²) in [4.78, 5) is 21.5. The van der Waals surface area contributed by atoms with Crippen LogP contribution in [0.1, 0.15) is 15.4 Å². The first-order chi connectivity index (χ1) is 12.1. The fourth-order valence-corrected chi connectivity index (χ4v) is 2.76. The number of halogens is 1. The molecule has 0 spiro atoms. The Kier molecular flexibility index (Phi) is 9.96. The van der Waals surface area contributed by atoms with Gasteiger partial charge in [0, 0.05) is 24.7 Å². The third-order valence-electron chi connectivity index (χ3n) is 3.36. The standard InChI is InChI=1S/C17H23N5O2S.HI/c1-12-8-20-16(25-12)11-22-17(18-2)21-10-15(23)19-9-13-4-6-14(24-3)7-5-13;/h4-8H,9-11H2,1-3H3,(H,19,23)(H2,18,21,22);1H. The van der Waals surface area contributed by atoms with Crippen LogP contribution in [0.5, 0.6) is 5.75 Å². The molecule has 9 heteroatoms. The predicted molar refractivity (Wildman–Crippen MR) is 115 cm³/mol. The fourth-order valence-electron chi connectivity index (χ4n) is 2.03. The highest BCUT2D eigenvalue weighted by atomic mass is 127. The molecule has 0 saturated heterocycles. The van der Waals surface area contributed by atoms with Crippen LogP contribution in [0.25, 0.3) is 0 Å². The largest absolute Gasteiger partial charge is 0.497 e. The number of aromatic nitrogens is 1. The number of thiazole rings is 1. The third kappa shape index (κ3) is 7.56. The number of aliphatic imine (C=N–C) groups is 1. The maximum Gasteiger partial charge on any atom is 0.239 e. The fraction of sp³-hybridized carbons (Fsp3) is 0.353. The highest BCUT2D eigenvalue weighted by Crippen LogP contribution is 2.11. The molecule has 3 N–H and O–H groups in total. The highest BCUT2D eigenvalue weighted by molar-refractivity contribution is 14.0. The van der Waals surface area contributed by atoms with Gasteiger partial charge in [0.15, 0.2) is 5.96 Å². The van der Waals surface area contributed by atoms with Crippen LogP contribution in [0.4, 0.5) is 0 Å². The maximum atomic E-state index is 11.9. The lowest BCUT2D eigenvalue weighted by Gasteiger charge is -2.11. The summed E-state index contributed by atoms with van der Waals surface area (Å²) in [5, 5.41) is 9.95. The molecule has 26 heavy (non-hydrogen) atoms. The van der Waals surface area contributed by atoms with Crippen LogP contribution in [0.2, 0.25) is 0 Å². The molecule has 2 aromatic rings. The lowest BCUT2D eigenvalue weighted by Crippen LogP contribution is -2.42. The number of guanidine groups is 1. The average Bonchev–Trinajstić information content (AvgIpc) is 3.05. The number of nitrogens with one attached hydrogen (secondary N) is 3. The Labute approximate surface area is 174 Å². The molecule has 0 radical (unpaired) electrons. The SMILES string of the molecule is CN=C(NCC(=O)NCc1ccc(OC)cc1)NCc1ncc(C)s1.I. The summed E-state index contributed by atoms with van der Waals surface area (Å²) in [7, 11) is 3.29. The molecule has 1 heterocycles. The van der Waals surface area contributed by atoms with Crippen molar-refractivity contribution in [3.8, 4) is 5.75 Å². The first-order valence-electron chi connectivity index (χ1n) is 7.86. The molecule has 0 aliphatic carbocycles. The van der Waals surface area contributed by atoms with Crippen molar-refractivity contribution in [1.29, 1.82) is 0 Å². The first kappa shape index (κ1) is 22.2. The van der Waals surface area contributed by atoms with Gasteiger partial charge >= 0.3 is 0 Å². The lowest BCUT2D eigenvalue weighted by molar-refractivity contribution is -0.120. The lowest BCUT2D eigenvalue weighted by atomic mass is 10.2. The van der Waals surface area contributed by atoms with Crippen LogP contribution >= 0.6 is 35.3 Å². The van der Waals surface area contributed by atoms with Gasteiger partial charge in [-0.2, -0.15) is 0 Å². The number of hydrogen-bond acceptors (Lipinski definition) is 5. The van der Waals surface area contributed by atoms with E-state index in [1.54, 1.807) is 25.5 Å². The number of hydrogen-bond donors (Lipinski definition) is 3. The summed E-state index contributed by atoms with van der Waals surface area (Å²) in [6.45, 7) is 3.20. The minimum atomic E-state index is -0.108. The zero-order chi connectivity index (χ0) is 18.1. The van der Waals surface area contributed by atoms with Gasteiger partial charge in [-0.05, 0) is 24.6 Å². The van der Waals surface area contributed by atoms with Crippen molar-refractivity contribution in [3.63, 3.8) is 0 Å². The third-order valence-corrected chi connectivity index (χ3v) is 4.28. The summed E-state index contributed by atoms with van der Waals surface area (Å²) >= 11 is 1.63. The van der Waals surface area contributed by atoms with E-state index in [0.717, 1.165) is 21.2 Å². The van der Waals surface area contributed by atoms with E-state index in [1.807, 2.05) is 37.4 Å². The van der Waals surface area contributed by atoms with E-state index in [9.17, 15) is 4.79 Å². The molecule has 1 amide bonds. The van der Waals surface area contributed by atoms with Gasteiger partial charge in [0.1, 0.15) is 10.8 Å². The second-order valence-electron chi connectivity index (χ2n) is 5.27. The van der Waals surface area contributed by atoms with Crippen molar-refractivity contribution >= 4 is 47.2 Å². The Balaban J connectivity index is 0.00000338. The number of ether oxygens (including phenoxy) is 1. The predicted octanol–water partition coefficient (Wildman–Crippen LogP) is 2.06. The van der Waals surface area contributed by atoms with E-state index in [4.69, 9.17) is 4.74 Å². The van der Waals surface area contributed by atoms with Crippen molar-refractivity contribution < 1.29 is 9.53 Å². The van der Waals surface area contributed by atoms with Gasteiger partial charge in [0.2, 0.25) is 5.91 Å². The number of benzene rings is 1. The van der Waals surface area contributed by atoms with Gasteiger partial charge in [-0.3, -0.25) is 9.79 Å². The highest BCUT2D eigenvalue weighted by Gasteiger charge is 2.05. The van der Waals surface area contributed by atoms with Crippen molar-refractivity contribution in [2.45, 2.75) is 20.0 Å².